The van der Waals surface area contributed by atoms with Crippen LogP contribution < -0.4 is 5.32 Å². The van der Waals surface area contributed by atoms with E-state index >= 15 is 0 Å². The van der Waals surface area contributed by atoms with Crippen molar-refractivity contribution in [2.75, 3.05) is 6.54 Å². The highest BCUT2D eigenvalue weighted by molar-refractivity contribution is 7.10. The number of aryl methyl sites for hydroxylation is 1. The molecule has 2 amide bonds. The van der Waals surface area contributed by atoms with E-state index in [4.69, 9.17) is 4.42 Å². The molecule has 0 radical (unpaired) electrons. The number of likely N-dealkylation sites (tertiary alicyclic amines) is 1. The fourth-order valence-corrected chi connectivity index (χ4v) is 3.69. The van der Waals surface area contributed by atoms with Crippen molar-refractivity contribution in [2.24, 2.45) is 0 Å². The fourth-order valence-electron chi connectivity index (χ4n) is 2.81. The van der Waals surface area contributed by atoms with Crippen molar-refractivity contribution in [3.63, 3.8) is 0 Å². The van der Waals surface area contributed by atoms with Crippen LogP contribution in [0.5, 0.6) is 0 Å². The van der Waals surface area contributed by atoms with E-state index < -0.39 is 0 Å². The van der Waals surface area contributed by atoms with Gasteiger partial charge in [-0.05, 0) is 50.3 Å². The molecule has 3 rings (SSSR count). The van der Waals surface area contributed by atoms with Crippen molar-refractivity contribution < 1.29 is 9.21 Å². The number of carbonyl (C=O) groups is 1. The van der Waals surface area contributed by atoms with Gasteiger partial charge in [0, 0.05) is 11.4 Å². The maximum absolute atomic E-state index is 12.5. The zero-order valence-corrected chi connectivity index (χ0v) is 13.2. The van der Waals surface area contributed by atoms with Gasteiger partial charge >= 0.3 is 6.03 Å². The molecule has 1 aliphatic rings. The Labute approximate surface area is 128 Å². The van der Waals surface area contributed by atoms with Crippen molar-refractivity contribution in [3.05, 3.63) is 46.0 Å². The van der Waals surface area contributed by atoms with Gasteiger partial charge < -0.3 is 14.6 Å². The monoisotopic (exact) mass is 304 g/mol. The molecule has 0 aromatic carbocycles. The molecule has 0 saturated carbocycles. The number of carbonyl (C=O) groups excluding carboxylic acids is 1. The first kappa shape index (κ1) is 14.2. The summed E-state index contributed by atoms with van der Waals surface area (Å²) in [6.45, 7) is 4.68. The maximum Gasteiger partial charge on any atom is 0.318 e. The van der Waals surface area contributed by atoms with E-state index in [-0.39, 0.29) is 18.1 Å². The molecule has 2 aromatic heterocycles. The second-order valence-electron chi connectivity index (χ2n) is 5.49. The molecule has 5 heteroatoms. The maximum atomic E-state index is 12.5. The second kappa shape index (κ2) is 5.93. The van der Waals surface area contributed by atoms with Gasteiger partial charge in [0.15, 0.2) is 0 Å². The molecule has 1 fully saturated rings. The molecule has 0 bridgehead atoms. The summed E-state index contributed by atoms with van der Waals surface area (Å²) in [5.74, 6) is 1.66. The number of urea groups is 1. The Hall–Kier alpha value is -1.75. The molecule has 0 spiro atoms. The summed E-state index contributed by atoms with van der Waals surface area (Å²) in [4.78, 5) is 15.7. The molecule has 0 unspecified atom stereocenters. The van der Waals surface area contributed by atoms with Crippen molar-refractivity contribution in [1.29, 1.82) is 0 Å². The van der Waals surface area contributed by atoms with Gasteiger partial charge in [-0.1, -0.05) is 6.07 Å². The Morgan fingerprint density at radius 3 is 3.00 bits per heavy atom. The summed E-state index contributed by atoms with van der Waals surface area (Å²) in [6, 6.07) is 8.09. The third kappa shape index (κ3) is 2.97. The molecule has 2 atom stereocenters. The van der Waals surface area contributed by atoms with Gasteiger partial charge in [-0.25, -0.2) is 4.79 Å². The van der Waals surface area contributed by atoms with Gasteiger partial charge in [0.25, 0.3) is 0 Å². The third-order valence-corrected chi connectivity index (χ3v) is 4.89. The summed E-state index contributed by atoms with van der Waals surface area (Å²) < 4.78 is 5.58. The lowest BCUT2D eigenvalue weighted by Crippen LogP contribution is -2.40. The van der Waals surface area contributed by atoms with Crippen molar-refractivity contribution in [1.82, 2.24) is 10.2 Å². The van der Waals surface area contributed by atoms with Crippen LogP contribution in [0.15, 0.2) is 34.1 Å². The normalized spacial score (nSPS) is 19.7. The molecule has 1 N–H and O–H groups in total. The second-order valence-corrected chi connectivity index (χ2v) is 6.47. The summed E-state index contributed by atoms with van der Waals surface area (Å²) >= 11 is 1.72. The number of amides is 2. The number of nitrogens with one attached hydrogen (secondary N) is 1. The van der Waals surface area contributed by atoms with E-state index in [1.807, 2.05) is 36.9 Å². The van der Waals surface area contributed by atoms with E-state index in [1.165, 1.54) is 4.88 Å². The van der Waals surface area contributed by atoms with Gasteiger partial charge in [-0.15, -0.1) is 11.3 Å². The lowest BCUT2D eigenvalue weighted by molar-refractivity contribution is 0.189. The minimum absolute atomic E-state index is 0.00699. The Morgan fingerprint density at radius 1 is 1.48 bits per heavy atom. The van der Waals surface area contributed by atoms with Crippen LogP contribution in [0.4, 0.5) is 4.79 Å². The smallest absolute Gasteiger partial charge is 0.318 e. The van der Waals surface area contributed by atoms with Crippen molar-refractivity contribution in [3.8, 4) is 0 Å². The third-order valence-electron chi connectivity index (χ3n) is 3.91. The van der Waals surface area contributed by atoms with Gasteiger partial charge in [-0.3, -0.25) is 0 Å². The average Bonchev–Trinajstić information content (AvgIpc) is 3.19. The Bertz CT molecular complexity index is 606. The molecule has 1 aliphatic heterocycles. The molecule has 1 saturated heterocycles. The first-order valence-corrected chi connectivity index (χ1v) is 8.20. The molecule has 4 nitrogen and oxygen atoms in total. The van der Waals surface area contributed by atoms with E-state index in [9.17, 15) is 4.79 Å². The highest BCUT2D eigenvalue weighted by atomic mass is 32.1. The molecule has 3 heterocycles. The molecule has 2 aromatic rings. The van der Waals surface area contributed by atoms with Crippen LogP contribution in [0.1, 0.15) is 48.2 Å². The minimum Gasteiger partial charge on any atom is -0.464 e. The summed E-state index contributed by atoms with van der Waals surface area (Å²) in [5.41, 5.74) is 0. The van der Waals surface area contributed by atoms with Crippen LogP contribution in [0.3, 0.4) is 0 Å². The molecule has 0 aliphatic carbocycles. The van der Waals surface area contributed by atoms with Crippen LogP contribution in [-0.2, 0) is 0 Å². The first-order chi connectivity index (χ1) is 10.1. The molecular weight excluding hydrogens is 284 g/mol. The highest BCUT2D eigenvalue weighted by Crippen LogP contribution is 2.34. The molecule has 112 valence electrons. The summed E-state index contributed by atoms with van der Waals surface area (Å²) in [6.07, 6.45) is 2.10. The first-order valence-electron chi connectivity index (χ1n) is 7.32. The zero-order valence-electron chi connectivity index (χ0n) is 12.3. The van der Waals surface area contributed by atoms with E-state index in [0.717, 1.165) is 30.9 Å². The van der Waals surface area contributed by atoms with Crippen LogP contribution >= 0.6 is 11.3 Å². The Kier molecular flexibility index (Phi) is 4.01. The predicted octanol–water partition coefficient (Wildman–Crippen LogP) is 4.26. The number of nitrogens with zero attached hydrogens (tertiary/aromatic N) is 1. The standard InChI is InChI=1S/C16H20N2O2S/c1-11-7-8-14(20-11)12(2)17-16(19)18-9-3-5-13(18)15-6-4-10-21-15/h4,6-8,10,12-13H,3,5,9H2,1-2H3,(H,17,19)/t12-,13+/m0/s1. The van der Waals surface area contributed by atoms with Crippen LogP contribution in [0.25, 0.3) is 0 Å². The fraction of sp³-hybridized carbons (Fsp3) is 0.438. The SMILES string of the molecule is Cc1ccc([C@H](C)NC(=O)N2CCC[C@@H]2c2cccs2)o1. The number of hydrogen-bond acceptors (Lipinski definition) is 3. The van der Waals surface area contributed by atoms with Gasteiger partial charge in [-0.2, -0.15) is 0 Å². The van der Waals surface area contributed by atoms with Crippen LogP contribution in [0.2, 0.25) is 0 Å². The van der Waals surface area contributed by atoms with E-state index in [2.05, 4.69) is 16.8 Å². The number of hydrogen-bond donors (Lipinski definition) is 1. The van der Waals surface area contributed by atoms with Crippen molar-refractivity contribution >= 4 is 17.4 Å². The predicted molar refractivity (Wildman–Crippen MR) is 83.4 cm³/mol. The zero-order chi connectivity index (χ0) is 14.8. The van der Waals surface area contributed by atoms with Gasteiger partial charge in [0.2, 0.25) is 0 Å². The highest BCUT2D eigenvalue weighted by Gasteiger charge is 2.31. The minimum atomic E-state index is -0.115. The Morgan fingerprint density at radius 2 is 2.33 bits per heavy atom. The summed E-state index contributed by atoms with van der Waals surface area (Å²) in [7, 11) is 0. The largest absolute Gasteiger partial charge is 0.464 e. The average molecular weight is 304 g/mol. The molecular formula is C16H20N2O2S. The molecule has 21 heavy (non-hydrogen) atoms. The topological polar surface area (TPSA) is 45.5 Å². The van der Waals surface area contributed by atoms with Gasteiger partial charge in [0.05, 0.1) is 12.1 Å². The Balaban J connectivity index is 1.67. The lowest BCUT2D eigenvalue weighted by atomic mass is 10.2. The number of thiophene rings is 1. The van der Waals surface area contributed by atoms with E-state index in [1.54, 1.807) is 11.3 Å². The van der Waals surface area contributed by atoms with Gasteiger partial charge in [0.1, 0.15) is 11.5 Å². The van der Waals surface area contributed by atoms with Crippen LogP contribution in [0, 0.1) is 6.92 Å². The number of rotatable bonds is 3. The van der Waals surface area contributed by atoms with Crippen molar-refractivity contribution in [2.45, 2.75) is 38.8 Å². The quantitative estimate of drug-likeness (QED) is 0.921. The number of furan rings is 1. The summed E-state index contributed by atoms with van der Waals surface area (Å²) in [5, 5.41) is 5.11. The van der Waals surface area contributed by atoms with Crippen LogP contribution in [-0.4, -0.2) is 17.5 Å². The van der Waals surface area contributed by atoms with E-state index in [0.29, 0.717) is 0 Å². The lowest BCUT2D eigenvalue weighted by Gasteiger charge is -2.25.